The maximum Gasteiger partial charge on any atom is 0.231 e. The monoisotopic (exact) mass is 213 g/mol. The molecule has 5 heteroatoms. The maximum atomic E-state index is 13.5. The topological polar surface area (TPSA) is 64.7 Å². The summed E-state index contributed by atoms with van der Waals surface area (Å²) in [4.78, 5) is 0. The smallest absolute Gasteiger partial charge is 0.231 e. The molecule has 1 aromatic rings. The average Bonchev–Trinajstić information content (AvgIpc) is 2.61. The normalized spacial score (nSPS) is 15.4. The molecular weight excluding hydrogens is 201 g/mol. The van der Waals surface area contributed by atoms with E-state index in [1.807, 2.05) is 0 Å². The Hall–Kier alpha value is -1.49. The molecule has 0 radical (unpaired) electrons. The number of hydrogen-bond donors (Lipinski definition) is 2. The van der Waals surface area contributed by atoms with E-state index in [1.54, 1.807) is 13.0 Å². The molecule has 0 aromatic heterocycles. The minimum atomic E-state index is -0.777. The van der Waals surface area contributed by atoms with Crippen molar-refractivity contribution in [2.45, 2.75) is 19.4 Å². The molecule has 1 aliphatic rings. The van der Waals surface area contributed by atoms with Gasteiger partial charge in [-0.1, -0.05) is 0 Å². The van der Waals surface area contributed by atoms with E-state index in [2.05, 4.69) is 0 Å². The predicted molar refractivity (Wildman–Crippen MR) is 51.5 cm³/mol. The fourth-order valence-corrected chi connectivity index (χ4v) is 1.54. The molecule has 0 amide bonds. The van der Waals surface area contributed by atoms with Gasteiger partial charge < -0.3 is 20.3 Å². The summed E-state index contributed by atoms with van der Waals surface area (Å²) >= 11 is 0. The quantitative estimate of drug-likeness (QED) is 0.773. The molecule has 0 bridgehead atoms. The number of phenolic OH excluding ortho intramolecular Hbond substituents is 1. The Morgan fingerprint density at radius 3 is 3.00 bits per heavy atom. The number of halogens is 1. The molecule has 1 aromatic carbocycles. The van der Waals surface area contributed by atoms with Crippen molar-refractivity contribution in [1.82, 2.24) is 0 Å². The van der Waals surface area contributed by atoms with Gasteiger partial charge in [0, 0.05) is 11.6 Å². The summed E-state index contributed by atoms with van der Waals surface area (Å²) < 4.78 is 23.4. The van der Waals surface area contributed by atoms with Gasteiger partial charge in [0.05, 0.1) is 0 Å². The molecular formula is C10H12FNO3. The van der Waals surface area contributed by atoms with Gasteiger partial charge in [0.1, 0.15) is 0 Å². The first-order valence-electron chi connectivity index (χ1n) is 4.65. The number of benzene rings is 1. The van der Waals surface area contributed by atoms with Crippen LogP contribution < -0.4 is 15.2 Å². The minimum absolute atomic E-state index is 0.0205. The lowest BCUT2D eigenvalue weighted by atomic mass is 10.1. The molecule has 15 heavy (non-hydrogen) atoms. The van der Waals surface area contributed by atoms with Crippen molar-refractivity contribution in [2.75, 3.05) is 6.79 Å². The van der Waals surface area contributed by atoms with Gasteiger partial charge in [0.25, 0.3) is 0 Å². The molecule has 2 rings (SSSR count). The van der Waals surface area contributed by atoms with Gasteiger partial charge in [-0.3, -0.25) is 0 Å². The van der Waals surface area contributed by atoms with Crippen LogP contribution in [-0.2, 0) is 6.42 Å². The van der Waals surface area contributed by atoms with Gasteiger partial charge in [-0.15, -0.1) is 0 Å². The van der Waals surface area contributed by atoms with Crippen LogP contribution in [0, 0.1) is 5.82 Å². The van der Waals surface area contributed by atoms with Crippen molar-refractivity contribution in [1.29, 1.82) is 0 Å². The van der Waals surface area contributed by atoms with Gasteiger partial charge >= 0.3 is 0 Å². The van der Waals surface area contributed by atoms with Gasteiger partial charge in [0.2, 0.25) is 18.4 Å². The Morgan fingerprint density at radius 1 is 1.60 bits per heavy atom. The van der Waals surface area contributed by atoms with E-state index in [-0.39, 0.29) is 18.6 Å². The van der Waals surface area contributed by atoms with Crippen molar-refractivity contribution >= 4 is 0 Å². The Balaban J connectivity index is 2.44. The highest BCUT2D eigenvalue weighted by molar-refractivity contribution is 5.52. The molecule has 0 saturated heterocycles. The first-order valence-corrected chi connectivity index (χ1v) is 4.65. The Kier molecular flexibility index (Phi) is 2.40. The SMILES string of the molecule is CC(N)Cc1cc2c(c(F)c1O)OCO2. The van der Waals surface area contributed by atoms with E-state index < -0.39 is 11.6 Å². The molecule has 0 aliphatic carbocycles. The zero-order valence-corrected chi connectivity index (χ0v) is 8.29. The first kappa shape index (κ1) is 10.0. The number of ether oxygens (including phenoxy) is 2. The number of rotatable bonds is 2. The highest BCUT2D eigenvalue weighted by atomic mass is 19.1. The second kappa shape index (κ2) is 3.58. The summed E-state index contributed by atoms with van der Waals surface area (Å²) in [6.07, 6.45) is 0.388. The van der Waals surface area contributed by atoms with Crippen molar-refractivity contribution in [2.24, 2.45) is 5.73 Å². The van der Waals surface area contributed by atoms with E-state index in [1.165, 1.54) is 0 Å². The van der Waals surface area contributed by atoms with Gasteiger partial charge in [-0.05, 0) is 19.4 Å². The summed E-state index contributed by atoms with van der Waals surface area (Å²) in [5.41, 5.74) is 6.02. The zero-order chi connectivity index (χ0) is 11.0. The molecule has 3 N–H and O–H groups in total. The summed E-state index contributed by atoms with van der Waals surface area (Å²) in [6.45, 7) is 1.76. The lowest BCUT2D eigenvalue weighted by molar-refractivity contribution is 0.170. The molecule has 1 unspecified atom stereocenters. The average molecular weight is 213 g/mol. The molecule has 4 nitrogen and oxygen atoms in total. The van der Waals surface area contributed by atoms with Crippen LogP contribution in [-0.4, -0.2) is 17.9 Å². The van der Waals surface area contributed by atoms with Crippen molar-refractivity contribution in [3.8, 4) is 17.2 Å². The van der Waals surface area contributed by atoms with Crippen LogP contribution >= 0.6 is 0 Å². The molecule has 0 spiro atoms. The number of aromatic hydroxyl groups is 1. The van der Waals surface area contributed by atoms with Crippen LogP contribution in [0.15, 0.2) is 6.07 Å². The number of hydrogen-bond acceptors (Lipinski definition) is 4. The summed E-state index contributed by atoms with van der Waals surface area (Å²) in [5.74, 6) is -0.890. The van der Waals surface area contributed by atoms with E-state index >= 15 is 0 Å². The van der Waals surface area contributed by atoms with Crippen LogP contribution in [0.5, 0.6) is 17.2 Å². The minimum Gasteiger partial charge on any atom is -0.505 e. The van der Waals surface area contributed by atoms with Gasteiger partial charge in [-0.2, -0.15) is 4.39 Å². The first-order chi connectivity index (χ1) is 7.09. The zero-order valence-electron chi connectivity index (χ0n) is 8.29. The van der Waals surface area contributed by atoms with Crippen LogP contribution in [0.4, 0.5) is 4.39 Å². The largest absolute Gasteiger partial charge is 0.505 e. The highest BCUT2D eigenvalue weighted by Crippen LogP contribution is 2.41. The fourth-order valence-electron chi connectivity index (χ4n) is 1.54. The van der Waals surface area contributed by atoms with Crippen LogP contribution in [0.25, 0.3) is 0 Å². The third-order valence-electron chi connectivity index (χ3n) is 2.20. The van der Waals surface area contributed by atoms with Crippen LogP contribution in [0.3, 0.4) is 0 Å². The highest BCUT2D eigenvalue weighted by Gasteiger charge is 2.24. The molecule has 1 heterocycles. The third-order valence-corrected chi connectivity index (χ3v) is 2.20. The van der Waals surface area contributed by atoms with E-state index in [0.29, 0.717) is 17.7 Å². The summed E-state index contributed by atoms with van der Waals surface area (Å²) in [5, 5.41) is 9.54. The van der Waals surface area contributed by atoms with E-state index in [9.17, 15) is 9.50 Å². The maximum absolute atomic E-state index is 13.5. The Bertz CT molecular complexity index is 393. The van der Waals surface area contributed by atoms with E-state index in [0.717, 1.165) is 0 Å². The second-order valence-electron chi connectivity index (χ2n) is 3.61. The van der Waals surface area contributed by atoms with E-state index in [4.69, 9.17) is 15.2 Å². The lowest BCUT2D eigenvalue weighted by Crippen LogP contribution is -2.17. The standard InChI is InChI=1S/C10H12FNO3/c1-5(12)2-6-3-7-10(15-4-14-7)8(11)9(6)13/h3,5,13H,2,4,12H2,1H3. The second-order valence-corrected chi connectivity index (χ2v) is 3.61. The number of fused-ring (bicyclic) bond motifs is 1. The van der Waals surface area contributed by atoms with Crippen molar-refractivity contribution < 1.29 is 19.0 Å². The van der Waals surface area contributed by atoms with Crippen molar-refractivity contribution in [3.05, 3.63) is 17.4 Å². The molecule has 82 valence electrons. The summed E-state index contributed by atoms with van der Waals surface area (Å²) in [6, 6.07) is 1.40. The van der Waals surface area contributed by atoms with Gasteiger partial charge in [0.15, 0.2) is 11.5 Å². The third kappa shape index (κ3) is 1.70. The summed E-state index contributed by atoms with van der Waals surface area (Å²) in [7, 11) is 0. The number of phenols is 1. The predicted octanol–water partition coefficient (Wildman–Crippen LogP) is 1.15. The van der Waals surface area contributed by atoms with Crippen molar-refractivity contribution in [3.63, 3.8) is 0 Å². The fraction of sp³-hybridized carbons (Fsp3) is 0.400. The van der Waals surface area contributed by atoms with Crippen LogP contribution in [0.2, 0.25) is 0 Å². The lowest BCUT2D eigenvalue weighted by Gasteiger charge is -2.09. The molecule has 1 aliphatic heterocycles. The Labute approximate surface area is 86.4 Å². The van der Waals surface area contributed by atoms with Crippen LogP contribution in [0.1, 0.15) is 12.5 Å². The molecule has 0 fully saturated rings. The molecule has 1 atom stereocenters. The molecule has 0 saturated carbocycles. The number of nitrogens with two attached hydrogens (primary N) is 1. The van der Waals surface area contributed by atoms with Gasteiger partial charge in [-0.25, -0.2) is 0 Å². The Morgan fingerprint density at radius 2 is 2.33 bits per heavy atom.